The Bertz CT molecular complexity index is 350. The Morgan fingerprint density at radius 1 is 1.41 bits per heavy atom. The van der Waals surface area contributed by atoms with Crippen molar-refractivity contribution in [1.29, 1.82) is 0 Å². The summed E-state index contributed by atoms with van der Waals surface area (Å²) in [6.45, 7) is 3.09. The average molecular weight is 333 g/mol. The van der Waals surface area contributed by atoms with Gasteiger partial charge in [0.1, 0.15) is 6.04 Å². The summed E-state index contributed by atoms with van der Waals surface area (Å²) in [6.07, 6.45) is 3.19. The third-order valence-corrected chi connectivity index (χ3v) is 5.04. The Morgan fingerprint density at radius 2 is 2.09 bits per heavy atom. The van der Waals surface area contributed by atoms with Crippen molar-refractivity contribution >= 4 is 23.6 Å². The first-order chi connectivity index (χ1) is 10.6. The van der Waals surface area contributed by atoms with Gasteiger partial charge in [-0.25, -0.2) is 0 Å². The molecule has 0 aliphatic carbocycles. The molecule has 2 amide bonds. The van der Waals surface area contributed by atoms with Crippen LogP contribution in [0, 0.1) is 5.92 Å². The fourth-order valence-electron chi connectivity index (χ4n) is 2.62. The number of carbonyl (C=O) groups is 2. The van der Waals surface area contributed by atoms with Crippen LogP contribution in [0.2, 0.25) is 0 Å². The summed E-state index contributed by atoms with van der Waals surface area (Å²) >= 11 is 1.64. The van der Waals surface area contributed by atoms with E-state index in [0.717, 1.165) is 25.0 Å². The van der Waals surface area contributed by atoms with Crippen molar-refractivity contribution in [3.63, 3.8) is 0 Å². The van der Waals surface area contributed by atoms with Crippen molar-refractivity contribution in [2.24, 2.45) is 11.7 Å². The van der Waals surface area contributed by atoms with E-state index in [0.29, 0.717) is 37.7 Å². The van der Waals surface area contributed by atoms with Crippen LogP contribution in [-0.4, -0.2) is 60.6 Å². The number of nitrogens with zero attached hydrogens (tertiary/aromatic N) is 1. The highest BCUT2D eigenvalue weighted by Gasteiger charge is 2.28. The molecule has 1 rings (SSSR count). The van der Waals surface area contributed by atoms with E-state index in [1.54, 1.807) is 16.7 Å². The van der Waals surface area contributed by atoms with Crippen molar-refractivity contribution in [3.05, 3.63) is 0 Å². The Hall–Kier alpha value is -0.820. The molecule has 3 N–H and O–H groups in total. The first-order valence-electron chi connectivity index (χ1n) is 7.98. The normalized spacial score (nSPS) is 17.3. The fraction of sp³-hybridized carbons (Fsp3) is 0.867. The van der Waals surface area contributed by atoms with Crippen molar-refractivity contribution < 1.29 is 14.0 Å². The predicted molar refractivity (Wildman–Crippen MR) is 88.5 cm³/mol. The summed E-state index contributed by atoms with van der Waals surface area (Å²) in [5, 5.41) is 2.75. The van der Waals surface area contributed by atoms with Gasteiger partial charge >= 0.3 is 0 Å². The van der Waals surface area contributed by atoms with Crippen molar-refractivity contribution in [1.82, 2.24) is 10.2 Å². The number of piperidine rings is 1. The highest BCUT2D eigenvalue weighted by molar-refractivity contribution is 7.99. The summed E-state index contributed by atoms with van der Waals surface area (Å²) < 4.78 is 12.4. The molecule has 0 aromatic rings. The maximum Gasteiger partial charge on any atom is 0.246 e. The van der Waals surface area contributed by atoms with Gasteiger partial charge in [0, 0.05) is 25.8 Å². The molecule has 1 fully saturated rings. The SMILES string of the molecule is CC(=O)N[C@@H](CSCCCN)C(=O)N1CCC(CCF)CC1. The van der Waals surface area contributed by atoms with Gasteiger partial charge in [-0.15, -0.1) is 0 Å². The third-order valence-electron chi connectivity index (χ3n) is 3.90. The zero-order valence-corrected chi connectivity index (χ0v) is 14.2. The zero-order valence-electron chi connectivity index (χ0n) is 13.4. The summed E-state index contributed by atoms with van der Waals surface area (Å²) in [6, 6.07) is -0.474. The number of nitrogens with two attached hydrogens (primary N) is 1. The van der Waals surface area contributed by atoms with E-state index < -0.39 is 6.04 Å². The molecule has 5 nitrogen and oxygen atoms in total. The van der Waals surface area contributed by atoms with Gasteiger partial charge in [0.2, 0.25) is 11.8 Å². The lowest BCUT2D eigenvalue weighted by Crippen LogP contribution is -2.51. The summed E-state index contributed by atoms with van der Waals surface area (Å²) in [7, 11) is 0. The Balaban J connectivity index is 2.46. The van der Waals surface area contributed by atoms with Gasteiger partial charge in [-0.2, -0.15) is 11.8 Å². The minimum absolute atomic E-state index is 0.0193. The minimum atomic E-state index is -0.474. The second-order valence-electron chi connectivity index (χ2n) is 5.72. The number of hydrogen-bond donors (Lipinski definition) is 2. The van der Waals surface area contributed by atoms with E-state index in [9.17, 15) is 14.0 Å². The zero-order chi connectivity index (χ0) is 16.4. The van der Waals surface area contributed by atoms with E-state index in [2.05, 4.69) is 5.32 Å². The molecule has 22 heavy (non-hydrogen) atoms. The smallest absolute Gasteiger partial charge is 0.246 e. The highest BCUT2D eigenvalue weighted by Crippen LogP contribution is 2.21. The molecule has 0 bridgehead atoms. The van der Waals surface area contributed by atoms with Crippen LogP contribution in [0.5, 0.6) is 0 Å². The van der Waals surface area contributed by atoms with Gasteiger partial charge in [-0.3, -0.25) is 14.0 Å². The summed E-state index contributed by atoms with van der Waals surface area (Å²) in [5.41, 5.74) is 5.46. The van der Waals surface area contributed by atoms with E-state index in [-0.39, 0.29) is 18.5 Å². The first-order valence-corrected chi connectivity index (χ1v) is 9.13. The molecule has 1 heterocycles. The van der Waals surface area contributed by atoms with Gasteiger partial charge in [0.25, 0.3) is 0 Å². The number of thioether (sulfide) groups is 1. The maximum atomic E-state index is 12.6. The molecule has 1 saturated heterocycles. The molecule has 0 aromatic carbocycles. The van der Waals surface area contributed by atoms with E-state index in [1.165, 1.54) is 6.92 Å². The number of amides is 2. The second kappa shape index (κ2) is 10.8. The Kier molecular flexibility index (Phi) is 9.47. The standard InChI is InChI=1S/C15H28FN3O2S/c1-12(20)18-14(11-22-10-2-7-17)15(21)19-8-4-13(3-6-16)5-9-19/h13-14H,2-11,17H2,1H3,(H,18,20)/t14-/m0/s1. The molecule has 1 atom stereocenters. The lowest BCUT2D eigenvalue weighted by Gasteiger charge is -2.34. The summed E-state index contributed by atoms with van der Waals surface area (Å²) in [5.74, 6) is 1.63. The molecule has 7 heteroatoms. The molecule has 0 saturated carbocycles. The molecule has 0 aromatic heterocycles. The minimum Gasteiger partial charge on any atom is -0.344 e. The number of alkyl halides is 1. The van der Waals surface area contributed by atoms with Gasteiger partial charge in [0.05, 0.1) is 6.67 Å². The molecule has 0 radical (unpaired) electrons. The van der Waals surface area contributed by atoms with E-state index >= 15 is 0 Å². The van der Waals surface area contributed by atoms with Gasteiger partial charge in [0.15, 0.2) is 0 Å². The van der Waals surface area contributed by atoms with Crippen LogP contribution in [-0.2, 0) is 9.59 Å². The lowest BCUT2D eigenvalue weighted by molar-refractivity contribution is -0.136. The van der Waals surface area contributed by atoms with E-state index in [4.69, 9.17) is 5.73 Å². The van der Waals surface area contributed by atoms with Crippen LogP contribution in [0.1, 0.15) is 32.6 Å². The molecule has 0 spiro atoms. The molecule has 0 unspecified atom stereocenters. The lowest BCUT2D eigenvalue weighted by atomic mass is 9.94. The second-order valence-corrected chi connectivity index (χ2v) is 6.87. The number of carbonyl (C=O) groups excluding carboxylic acids is 2. The van der Waals surface area contributed by atoms with Crippen LogP contribution in [0.4, 0.5) is 4.39 Å². The molecular formula is C15H28FN3O2S. The number of rotatable bonds is 9. The van der Waals surface area contributed by atoms with Crippen molar-refractivity contribution in [3.8, 4) is 0 Å². The Labute approximate surface area is 136 Å². The van der Waals surface area contributed by atoms with Gasteiger partial charge in [-0.1, -0.05) is 0 Å². The fourth-order valence-corrected chi connectivity index (χ4v) is 3.62. The topological polar surface area (TPSA) is 75.4 Å². The summed E-state index contributed by atoms with van der Waals surface area (Å²) in [4.78, 5) is 25.7. The van der Waals surface area contributed by atoms with E-state index in [1.807, 2.05) is 0 Å². The quantitative estimate of drug-likeness (QED) is 0.621. The maximum absolute atomic E-state index is 12.6. The van der Waals surface area contributed by atoms with Crippen molar-refractivity contribution in [2.45, 2.75) is 38.6 Å². The van der Waals surface area contributed by atoms with Crippen LogP contribution >= 0.6 is 11.8 Å². The predicted octanol–water partition coefficient (Wildman–Crippen LogP) is 1.17. The highest BCUT2D eigenvalue weighted by atomic mass is 32.2. The number of hydrogen-bond acceptors (Lipinski definition) is 4. The average Bonchev–Trinajstić information content (AvgIpc) is 2.50. The van der Waals surface area contributed by atoms with Crippen LogP contribution in [0.15, 0.2) is 0 Å². The number of nitrogens with one attached hydrogen (secondary N) is 1. The van der Waals surface area contributed by atoms with Gasteiger partial charge < -0.3 is 16.0 Å². The third kappa shape index (κ3) is 6.96. The van der Waals surface area contributed by atoms with Gasteiger partial charge in [-0.05, 0) is 43.9 Å². The van der Waals surface area contributed by atoms with Crippen LogP contribution in [0.3, 0.4) is 0 Å². The monoisotopic (exact) mass is 333 g/mol. The molecule has 128 valence electrons. The molecule has 1 aliphatic heterocycles. The largest absolute Gasteiger partial charge is 0.344 e. The first kappa shape index (κ1) is 19.2. The number of likely N-dealkylation sites (tertiary alicyclic amines) is 1. The van der Waals surface area contributed by atoms with Crippen molar-refractivity contribution in [2.75, 3.05) is 37.8 Å². The molecular weight excluding hydrogens is 305 g/mol. The van der Waals surface area contributed by atoms with Crippen LogP contribution < -0.4 is 11.1 Å². The Morgan fingerprint density at radius 3 is 2.64 bits per heavy atom. The van der Waals surface area contributed by atoms with Crippen LogP contribution in [0.25, 0.3) is 0 Å². The number of halogens is 1. The molecule has 1 aliphatic rings.